The lowest BCUT2D eigenvalue weighted by Gasteiger charge is -2.46. The number of carbonyl (C=O) groups is 6. The zero-order chi connectivity index (χ0) is 51.5. The van der Waals surface area contributed by atoms with Crippen LogP contribution in [-0.4, -0.2) is 137 Å². The summed E-state index contributed by atoms with van der Waals surface area (Å²) in [5, 5.41) is 46.4. The monoisotopic (exact) mass is 1010 g/mol. The van der Waals surface area contributed by atoms with Crippen molar-refractivity contribution in [3.05, 3.63) is 130 Å². The number of aliphatic hydroxyl groups is 1. The van der Waals surface area contributed by atoms with Crippen molar-refractivity contribution in [3.63, 3.8) is 0 Å². The maximum Gasteiger partial charge on any atom is 0.410 e. The number of benzene rings is 3. The molecule has 72 heavy (non-hydrogen) atoms. The Morgan fingerprint density at radius 2 is 1.25 bits per heavy atom. The number of nitrogens with one attached hydrogen (secondary N) is 1. The minimum absolute atomic E-state index is 0.0416. The van der Waals surface area contributed by atoms with Crippen LogP contribution in [0.3, 0.4) is 0 Å². The molecule has 380 valence electrons. The van der Waals surface area contributed by atoms with Gasteiger partial charge >= 0.3 is 18.2 Å². The van der Waals surface area contributed by atoms with Crippen molar-refractivity contribution in [3.8, 4) is 0 Å². The van der Waals surface area contributed by atoms with Gasteiger partial charge < -0.3 is 34.4 Å². The lowest BCUT2D eigenvalue weighted by Crippen LogP contribution is -2.63. The number of likely N-dealkylation sites (tertiary alicyclic amines) is 3. The van der Waals surface area contributed by atoms with Crippen molar-refractivity contribution in [2.24, 2.45) is 11.8 Å². The van der Waals surface area contributed by atoms with E-state index >= 15 is 0 Å². The molecule has 0 radical (unpaired) electrons. The molecule has 8 atom stereocenters. The summed E-state index contributed by atoms with van der Waals surface area (Å²) in [4.78, 5) is 120. The Labute approximate surface area is 414 Å². The van der Waals surface area contributed by atoms with Gasteiger partial charge in [0.2, 0.25) is 17.7 Å². The SMILES string of the molecule is C[C@@H](O)[C@H]1C(=O)N2C(C(=O)OCc3ccc([N+](=O)[O-])cc3)=C(S[C@H]3C[C@@H](C(=O)N4CC[C@H](NC(=O)[C@@H]5CCCN5C(=O)OCc5ccc([N+](=O)[O-])cc5)C4)N(C(=O)OCc4ccc([N+](=O)[O-])cc4)C3)[C@H](C)[C@H]12. The number of nitro benzene ring substituents is 3. The van der Waals surface area contributed by atoms with Crippen molar-refractivity contribution < 1.29 is 62.9 Å². The summed E-state index contributed by atoms with van der Waals surface area (Å²) in [6.07, 6.45) is -1.29. The molecule has 0 aromatic heterocycles. The third-order valence-corrected chi connectivity index (χ3v) is 15.0. The zero-order valence-electron chi connectivity index (χ0n) is 38.9. The highest BCUT2D eigenvalue weighted by Crippen LogP contribution is 2.52. The highest BCUT2D eigenvalue weighted by atomic mass is 32.2. The first-order chi connectivity index (χ1) is 34.4. The molecule has 0 bridgehead atoms. The van der Waals surface area contributed by atoms with Gasteiger partial charge in [-0.05, 0) is 85.7 Å². The van der Waals surface area contributed by atoms with Crippen molar-refractivity contribution >= 4 is 64.7 Å². The van der Waals surface area contributed by atoms with Crippen molar-refractivity contribution in [1.29, 1.82) is 0 Å². The first kappa shape index (κ1) is 50.7. The zero-order valence-corrected chi connectivity index (χ0v) is 39.8. The van der Waals surface area contributed by atoms with E-state index in [4.69, 9.17) is 14.2 Å². The standard InChI is InChI=1S/C47H50N8O16S/c1-26-39-38(27(2)56)44(59)52(39)40(45(60)69-23-28-5-11-32(12-6-28)53(63)64)41(26)72-35-20-37(51(22-35)47(62)71-25-30-9-15-34(16-10-30)55(67)68)43(58)49-19-17-31(21-49)48-42(57)36-4-3-18-50(36)46(61)70-24-29-7-13-33(14-8-29)54(65)66/h5-16,26-27,31,35-39,56H,3-4,17-25H2,1-2H3,(H,48,57)/t26-,27-,31+,35+,36+,37+,38-,39-/m1/s1. The van der Waals surface area contributed by atoms with Crippen LogP contribution in [0, 0.1) is 42.2 Å². The molecule has 5 aliphatic rings. The average molecular weight is 1020 g/mol. The second kappa shape index (κ2) is 21.4. The second-order valence-electron chi connectivity index (χ2n) is 18.2. The Morgan fingerprint density at radius 1 is 0.736 bits per heavy atom. The number of amides is 5. The Kier molecular flexibility index (Phi) is 15.0. The molecule has 25 heteroatoms. The summed E-state index contributed by atoms with van der Waals surface area (Å²) < 4.78 is 16.8. The van der Waals surface area contributed by atoms with Crippen molar-refractivity contribution in [2.75, 3.05) is 26.2 Å². The first-order valence-electron chi connectivity index (χ1n) is 23.1. The van der Waals surface area contributed by atoms with E-state index < -0.39 is 98.0 Å². The predicted molar refractivity (Wildman–Crippen MR) is 251 cm³/mol. The number of rotatable bonds is 16. The molecule has 8 rings (SSSR count). The number of hydrogen-bond donors (Lipinski definition) is 2. The van der Waals surface area contributed by atoms with Crippen LogP contribution in [-0.2, 0) is 53.2 Å². The summed E-state index contributed by atoms with van der Waals surface area (Å²) in [6.45, 7) is 3.08. The van der Waals surface area contributed by atoms with Crippen LogP contribution >= 0.6 is 11.8 Å². The number of fused-ring (bicyclic) bond motifs is 1. The number of nitro groups is 3. The van der Waals surface area contributed by atoms with Crippen LogP contribution in [0.5, 0.6) is 0 Å². The summed E-state index contributed by atoms with van der Waals surface area (Å²) in [6, 6.07) is 13.3. The molecule has 0 spiro atoms. The average Bonchev–Trinajstić information content (AvgIpc) is 4.18. The van der Waals surface area contributed by atoms with Gasteiger partial charge in [0.25, 0.3) is 17.1 Å². The predicted octanol–water partition coefficient (Wildman–Crippen LogP) is 4.55. The summed E-state index contributed by atoms with van der Waals surface area (Å²) >= 11 is 1.20. The number of thioether (sulfide) groups is 1. The van der Waals surface area contributed by atoms with E-state index in [1.54, 1.807) is 6.92 Å². The quantitative estimate of drug-likeness (QED) is 0.0653. The second-order valence-corrected chi connectivity index (χ2v) is 19.5. The molecule has 24 nitrogen and oxygen atoms in total. The van der Waals surface area contributed by atoms with Gasteiger partial charge in [0.05, 0.1) is 32.8 Å². The van der Waals surface area contributed by atoms with E-state index in [0.717, 1.165) is 0 Å². The van der Waals surface area contributed by atoms with Crippen LogP contribution in [0.1, 0.15) is 56.2 Å². The number of esters is 1. The number of β-lactam (4-membered cyclic amide) rings is 1. The number of ether oxygens (including phenoxy) is 3. The molecule has 2 N–H and O–H groups in total. The summed E-state index contributed by atoms with van der Waals surface area (Å²) in [5.41, 5.74) is 0.947. The molecule has 3 aromatic carbocycles. The smallest absolute Gasteiger partial charge is 0.410 e. The third kappa shape index (κ3) is 10.7. The summed E-state index contributed by atoms with van der Waals surface area (Å²) in [5.74, 6) is -3.51. The van der Waals surface area contributed by atoms with Crippen LogP contribution in [0.2, 0.25) is 0 Å². The molecule has 0 aliphatic carbocycles. The lowest BCUT2D eigenvalue weighted by atomic mass is 9.79. The van der Waals surface area contributed by atoms with Crippen LogP contribution in [0.15, 0.2) is 83.4 Å². The van der Waals surface area contributed by atoms with Gasteiger partial charge in [-0.1, -0.05) is 6.92 Å². The molecule has 4 saturated heterocycles. The van der Waals surface area contributed by atoms with Crippen LogP contribution in [0.4, 0.5) is 26.7 Å². The third-order valence-electron chi connectivity index (χ3n) is 13.6. The molecule has 5 heterocycles. The van der Waals surface area contributed by atoms with Crippen LogP contribution in [0.25, 0.3) is 0 Å². The molecule has 5 amide bonds. The number of hydrogen-bond acceptors (Lipinski definition) is 17. The first-order valence-corrected chi connectivity index (χ1v) is 24.0. The largest absolute Gasteiger partial charge is 0.456 e. The Hall–Kier alpha value is -7.67. The fourth-order valence-corrected chi connectivity index (χ4v) is 11.3. The van der Waals surface area contributed by atoms with Gasteiger partial charge in [0.15, 0.2) is 0 Å². The van der Waals surface area contributed by atoms with Gasteiger partial charge in [0.1, 0.15) is 37.6 Å². The van der Waals surface area contributed by atoms with E-state index in [2.05, 4.69) is 5.32 Å². The molecular weight excluding hydrogens is 965 g/mol. The number of non-ortho nitro benzene ring substituents is 3. The normalized spacial score (nSPS) is 23.8. The number of aliphatic hydroxyl groups excluding tert-OH is 1. The fourth-order valence-electron chi connectivity index (χ4n) is 9.83. The number of nitrogens with zero attached hydrogens (tertiary/aromatic N) is 7. The Balaban J connectivity index is 0.958. The highest BCUT2D eigenvalue weighted by molar-refractivity contribution is 8.03. The van der Waals surface area contributed by atoms with E-state index in [9.17, 15) is 64.2 Å². The maximum atomic E-state index is 14.6. The molecule has 5 aliphatic heterocycles. The molecule has 0 saturated carbocycles. The van der Waals surface area contributed by atoms with Gasteiger partial charge in [-0.2, -0.15) is 0 Å². The Morgan fingerprint density at radius 3 is 1.76 bits per heavy atom. The van der Waals surface area contributed by atoms with E-state index in [1.165, 1.54) is 111 Å². The highest BCUT2D eigenvalue weighted by Gasteiger charge is 2.61. The number of carbonyl (C=O) groups excluding carboxylic acids is 6. The van der Waals surface area contributed by atoms with E-state index in [0.29, 0.717) is 40.9 Å². The maximum absolute atomic E-state index is 14.6. The minimum Gasteiger partial charge on any atom is -0.456 e. The molecule has 3 aromatic rings. The van der Waals surface area contributed by atoms with Gasteiger partial charge in [-0.15, -0.1) is 11.8 Å². The van der Waals surface area contributed by atoms with Crippen LogP contribution < -0.4 is 5.32 Å². The molecule has 4 fully saturated rings. The Bertz CT molecular complexity index is 2690. The molecule has 0 unspecified atom stereocenters. The topological polar surface area (TPSA) is 305 Å². The minimum atomic E-state index is -1.09. The molecular formula is C47H50N8O16S. The van der Waals surface area contributed by atoms with Gasteiger partial charge in [-0.3, -0.25) is 54.5 Å². The van der Waals surface area contributed by atoms with E-state index in [1.807, 2.05) is 0 Å². The van der Waals surface area contributed by atoms with Crippen molar-refractivity contribution in [1.82, 2.24) is 24.9 Å². The summed E-state index contributed by atoms with van der Waals surface area (Å²) in [7, 11) is 0. The van der Waals surface area contributed by atoms with E-state index in [-0.39, 0.29) is 75.2 Å². The van der Waals surface area contributed by atoms with Gasteiger partial charge in [-0.25, -0.2) is 14.4 Å². The van der Waals surface area contributed by atoms with Gasteiger partial charge in [0, 0.05) is 84.7 Å². The van der Waals surface area contributed by atoms with Crippen molar-refractivity contribution in [2.45, 2.75) is 94.9 Å². The lowest BCUT2D eigenvalue weighted by molar-refractivity contribution is -0.385. The fraction of sp³-hybridized carbons (Fsp3) is 0.447.